The summed E-state index contributed by atoms with van der Waals surface area (Å²) in [6, 6.07) is 8.95. The Balaban J connectivity index is 2.84. The number of hydrogen-bond acceptors (Lipinski definition) is 4. The predicted octanol–water partition coefficient (Wildman–Crippen LogP) is 2.05. The number of rotatable bonds is 6. The number of nitrogens with one attached hydrogen (secondary N) is 1. The summed E-state index contributed by atoms with van der Waals surface area (Å²) >= 11 is 1.33. The second kappa shape index (κ2) is 7.82. The molecule has 0 radical (unpaired) electrons. The van der Waals surface area contributed by atoms with Gasteiger partial charge >= 0.3 is 0 Å². The largest absolute Gasteiger partial charge is 0.394 e. The van der Waals surface area contributed by atoms with Gasteiger partial charge in [-0.3, -0.25) is 4.79 Å². The minimum Gasteiger partial charge on any atom is -0.394 e. The van der Waals surface area contributed by atoms with E-state index in [1.54, 1.807) is 12.1 Å². The molecular formula is C14H18N2O2S. The molecule has 5 heteroatoms. The number of nitrogens with zero attached hydrogens (tertiary/aromatic N) is 1. The summed E-state index contributed by atoms with van der Waals surface area (Å²) < 4.78 is 0. The van der Waals surface area contributed by atoms with Crippen molar-refractivity contribution >= 4 is 17.7 Å². The van der Waals surface area contributed by atoms with Crippen molar-refractivity contribution in [1.82, 2.24) is 5.32 Å². The van der Waals surface area contributed by atoms with E-state index in [4.69, 9.17) is 5.26 Å². The van der Waals surface area contributed by atoms with Gasteiger partial charge in [0.1, 0.15) is 0 Å². The van der Waals surface area contributed by atoms with Crippen molar-refractivity contribution in [1.29, 1.82) is 5.26 Å². The molecule has 0 bridgehead atoms. The average Bonchev–Trinajstić information content (AvgIpc) is 2.42. The minimum atomic E-state index is -0.262. The molecular weight excluding hydrogens is 260 g/mol. The molecule has 2 N–H and O–H groups in total. The van der Waals surface area contributed by atoms with Crippen molar-refractivity contribution < 1.29 is 9.90 Å². The van der Waals surface area contributed by atoms with Crippen molar-refractivity contribution in [2.24, 2.45) is 5.92 Å². The molecule has 0 saturated heterocycles. The summed E-state index contributed by atoms with van der Waals surface area (Å²) in [4.78, 5) is 13.0. The molecule has 0 aliphatic carbocycles. The fraction of sp³-hybridized carbons (Fsp3) is 0.429. The molecule has 1 rings (SSSR count). The van der Waals surface area contributed by atoms with Gasteiger partial charge in [-0.2, -0.15) is 5.26 Å². The van der Waals surface area contributed by atoms with E-state index < -0.39 is 0 Å². The number of carbonyl (C=O) groups is 1. The lowest BCUT2D eigenvalue weighted by Crippen LogP contribution is -2.41. The van der Waals surface area contributed by atoms with Crippen molar-refractivity contribution in [2.75, 3.05) is 12.4 Å². The molecule has 1 amide bonds. The van der Waals surface area contributed by atoms with Crippen LogP contribution in [0.1, 0.15) is 24.2 Å². The van der Waals surface area contributed by atoms with E-state index in [-0.39, 0.29) is 24.5 Å². The van der Waals surface area contributed by atoms with Crippen molar-refractivity contribution in [3.63, 3.8) is 0 Å². The highest BCUT2D eigenvalue weighted by Crippen LogP contribution is 2.22. The molecule has 0 aliphatic heterocycles. The Labute approximate surface area is 117 Å². The molecule has 4 nitrogen and oxygen atoms in total. The first-order chi connectivity index (χ1) is 9.10. The van der Waals surface area contributed by atoms with Crippen LogP contribution in [0, 0.1) is 17.2 Å². The Morgan fingerprint density at radius 3 is 2.74 bits per heavy atom. The topological polar surface area (TPSA) is 73.1 Å². The molecule has 1 aromatic rings. The fourth-order valence-electron chi connectivity index (χ4n) is 1.56. The van der Waals surface area contributed by atoms with Gasteiger partial charge in [0.05, 0.1) is 30.0 Å². The highest BCUT2D eigenvalue weighted by molar-refractivity contribution is 7.99. The van der Waals surface area contributed by atoms with Crippen molar-refractivity contribution in [3.8, 4) is 6.07 Å². The van der Waals surface area contributed by atoms with Gasteiger partial charge in [0.15, 0.2) is 0 Å². The van der Waals surface area contributed by atoms with Gasteiger partial charge < -0.3 is 10.4 Å². The number of aliphatic hydroxyl groups excluding tert-OH is 1. The molecule has 0 spiro atoms. The molecule has 0 saturated carbocycles. The van der Waals surface area contributed by atoms with Gasteiger partial charge in [0.25, 0.3) is 5.91 Å². The van der Waals surface area contributed by atoms with Crippen LogP contribution in [0.5, 0.6) is 0 Å². The van der Waals surface area contributed by atoms with Crippen LogP contribution in [0.25, 0.3) is 0 Å². The molecule has 0 fully saturated rings. The van der Waals surface area contributed by atoms with Crippen LogP contribution in [0.2, 0.25) is 0 Å². The molecule has 0 heterocycles. The Kier molecular flexibility index (Phi) is 6.40. The maximum absolute atomic E-state index is 12.2. The zero-order chi connectivity index (χ0) is 14.3. The second-order valence-electron chi connectivity index (χ2n) is 4.45. The Bertz CT molecular complexity index is 469. The summed E-state index contributed by atoms with van der Waals surface area (Å²) in [5.74, 6) is 0.249. The van der Waals surface area contributed by atoms with Crippen molar-refractivity contribution in [2.45, 2.75) is 24.8 Å². The smallest absolute Gasteiger partial charge is 0.252 e. The zero-order valence-electron chi connectivity index (χ0n) is 11.1. The van der Waals surface area contributed by atoms with Crippen LogP contribution in [0.3, 0.4) is 0 Å². The monoisotopic (exact) mass is 278 g/mol. The normalized spacial score (nSPS) is 11.9. The van der Waals surface area contributed by atoms with E-state index in [1.807, 2.05) is 32.0 Å². The summed E-state index contributed by atoms with van der Waals surface area (Å²) in [7, 11) is 0. The SMILES string of the molecule is CC(C)[C@@H](CO)NC(=O)c1ccccc1SCC#N. The van der Waals surface area contributed by atoms with E-state index in [2.05, 4.69) is 5.32 Å². The van der Waals surface area contributed by atoms with Gasteiger partial charge in [0, 0.05) is 4.90 Å². The summed E-state index contributed by atoms with van der Waals surface area (Å²) in [5.41, 5.74) is 0.543. The number of aliphatic hydroxyl groups is 1. The van der Waals surface area contributed by atoms with Crippen LogP contribution >= 0.6 is 11.8 Å². The number of hydrogen-bond donors (Lipinski definition) is 2. The van der Waals surface area contributed by atoms with Gasteiger partial charge in [-0.15, -0.1) is 11.8 Å². The highest BCUT2D eigenvalue weighted by Gasteiger charge is 2.18. The first-order valence-corrected chi connectivity index (χ1v) is 7.09. The summed E-state index contributed by atoms with van der Waals surface area (Å²) in [6.45, 7) is 3.80. The van der Waals surface area contributed by atoms with Crippen LogP contribution in [-0.4, -0.2) is 29.4 Å². The third-order valence-corrected chi connectivity index (χ3v) is 3.68. The quantitative estimate of drug-likeness (QED) is 0.781. The number of thioether (sulfide) groups is 1. The molecule has 102 valence electrons. The highest BCUT2D eigenvalue weighted by atomic mass is 32.2. The third kappa shape index (κ3) is 4.58. The number of nitriles is 1. The molecule has 0 aliphatic rings. The zero-order valence-corrected chi connectivity index (χ0v) is 11.9. The van der Waals surface area contributed by atoms with Gasteiger partial charge in [-0.05, 0) is 18.1 Å². The molecule has 1 aromatic carbocycles. The van der Waals surface area contributed by atoms with Gasteiger partial charge in [-0.1, -0.05) is 26.0 Å². The van der Waals surface area contributed by atoms with Crippen LogP contribution in [0.15, 0.2) is 29.2 Å². The maximum Gasteiger partial charge on any atom is 0.252 e. The van der Waals surface area contributed by atoms with Crippen LogP contribution in [-0.2, 0) is 0 Å². The van der Waals surface area contributed by atoms with Gasteiger partial charge in [0.2, 0.25) is 0 Å². The number of amides is 1. The number of carbonyl (C=O) groups excluding carboxylic acids is 1. The summed E-state index contributed by atoms with van der Waals surface area (Å²) in [5, 5.41) is 20.7. The first kappa shape index (κ1) is 15.5. The van der Waals surface area contributed by atoms with E-state index >= 15 is 0 Å². The predicted molar refractivity (Wildman–Crippen MR) is 76.0 cm³/mol. The Morgan fingerprint density at radius 2 is 2.16 bits per heavy atom. The molecule has 19 heavy (non-hydrogen) atoms. The first-order valence-electron chi connectivity index (χ1n) is 6.10. The van der Waals surface area contributed by atoms with Crippen molar-refractivity contribution in [3.05, 3.63) is 29.8 Å². The fourth-order valence-corrected chi connectivity index (χ4v) is 2.27. The molecule has 0 aromatic heterocycles. The molecule has 0 unspecified atom stereocenters. The standard InChI is InChI=1S/C14H18N2O2S/c1-10(2)12(9-17)16-14(18)11-5-3-4-6-13(11)19-8-7-15/h3-6,10,12,17H,8-9H2,1-2H3,(H,16,18)/t12-/m1/s1. The van der Waals surface area contributed by atoms with E-state index in [1.165, 1.54) is 11.8 Å². The van der Waals surface area contributed by atoms with E-state index in [9.17, 15) is 9.90 Å². The lowest BCUT2D eigenvalue weighted by atomic mass is 10.0. The minimum absolute atomic E-state index is 0.0864. The summed E-state index contributed by atoms with van der Waals surface area (Å²) in [6.07, 6.45) is 0. The van der Waals surface area contributed by atoms with Crippen LogP contribution in [0.4, 0.5) is 0 Å². The Hall–Kier alpha value is -1.51. The average molecular weight is 278 g/mol. The Morgan fingerprint density at radius 1 is 1.47 bits per heavy atom. The third-order valence-electron chi connectivity index (χ3n) is 2.74. The number of benzene rings is 1. The van der Waals surface area contributed by atoms with Gasteiger partial charge in [-0.25, -0.2) is 0 Å². The lowest BCUT2D eigenvalue weighted by Gasteiger charge is -2.20. The van der Waals surface area contributed by atoms with Crippen LogP contribution < -0.4 is 5.32 Å². The van der Waals surface area contributed by atoms with E-state index in [0.29, 0.717) is 11.3 Å². The van der Waals surface area contributed by atoms with E-state index in [0.717, 1.165) is 4.90 Å². The molecule has 1 atom stereocenters. The maximum atomic E-state index is 12.2. The second-order valence-corrected chi connectivity index (χ2v) is 5.47. The lowest BCUT2D eigenvalue weighted by molar-refractivity contribution is 0.0894.